The number of aromatic nitrogens is 2. The highest BCUT2D eigenvalue weighted by molar-refractivity contribution is 5.03. The lowest BCUT2D eigenvalue weighted by atomic mass is 10.2. The SMILES string of the molecule is CCCn1cncc1CN1CCNCC1C#N. The van der Waals surface area contributed by atoms with Crippen LogP contribution < -0.4 is 5.32 Å². The van der Waals surface area contributed by atoms with Crippen LogP contribution in [0.5, 0.6) is 0 Å². The molecule has 5 heteroatoms. The molecule has 1 aliphatic heterocycles. The zero-order chi connectivity index (χ0) is 12.1. The van der Waals surface area contributed by atoms with Gasteiger partial charge in [0.1, 0.15) is 6.04 Å². The van der Waals surface area contributed by atoms with Crippen LogP contribution in [0.4, 0.5) is 0 Å². The largest absolute Gasteiger partial charge is 0.333 e. The monoisotopic (exact) mass is 233 g/mol. The Balaban J connectivity index is 2.03. The van der Waals surface area contributed by atoms with E-state index >= 15 is 0 Å². The second-order valence-corrected chi connectivity index (χ2v) is 4.40. The zero-order valence-electron chi connectivity index (χ0n) is 10.3. The molecule has 0 aliphatic carbocycles. The van der Waals surface area contributed by atoms with Crippen LogP contribution in [-0.2, 0) is 13.1 Å². The molecule has 17 heavy (non-hydrogen) atoms. The lowest BCUT2D eigenvalue weighted by molar-refractivity contribution is 0.185. The topological polar surface area (TPSA) is 56.9 Å². The Bertz CT molecular complexity index is 392. The molecule has 0 aromatic carbocycles. The summed E-state index contributed by atoms with van der Waals surface area (Å²) in [5.74, 6) is 0. The molecule has 1 atom stereocenters. The maximum absolute atomic E-state index is 9.11. The standard InChI is InChI=1S/C12H19N5/c1-2-4-17-10-15-8-12(17)9-16-5-3-14-7-11(16)6-13/h8,10-11,14H,2-5,7,9H2,1H3. The summed E-state index contributed by atoms with van der Waals surface area (Å²) in [7, 11) is 0. The molecule has 1 aromatic heterocycles. The average Bonchev–Trinajstić information content (AvgIpc) is 2.78. The van der Waals surface area contributed by atoms with Crippen molar-refractivity contribution in [2.45, 2.75) is 32.5 Å². The van der Waals surface area contributed by atoms with E-state index in [1.54, 1.807) is 0 Å². The molecule has 0 saturated carbocycles. The molecule has 1 saturated heterocycles. The highest BCUT2D eigenvalue weighted by atomic mass is 15.2. The van der Waals surface area contributed by atoms with E-state index in [-0.39, 0.29) is 6.04 Å². The second-order valence-electron chi connectivity index (χ2n) is 4.40. The fourth-order valence-corrected chi connectivity index (χ4v) is 2.19. The Labute approximate surface area is 102 Å². The number of rotatable bonds is 4. The molecule has 0 bridgehead atoms. The number of nitrogens with zero attached hydrogens (tertiary/aromatic N) is 4. The maximum Gasteiger partial charge on any atom is 0.111 e. The Hall–Kier alpha value is -1.38. The van der Waals surface area contributed by atoms with E-state index in [1.165, 1.54) is 5.69 Å². The van der Waals surface area contributed by atoms with E-state index < -0.39 is 0 Å². The molecule has 0 spiro atoms. The number of piperazine rings is 1. The summed E-state index contributed by atoms with van der Waals surface area (Å²) < 4.78 is 2.18. The molecule has 0 radical (unpaired) electrons. The third-order valence-electron chi connectivity index (χ3n) is 3.13. The van der Waals surface area contributed by atoms with E-state index in [1.807, 2.05) is 12.5 Å². The average molecular weight is 233 g/mol. The summed E-state index contributed by atoms with van der Waals surface area (Å²) in [6, 6.07) is 2.33. The number of aryl methyl sites for hydroxylation is 1. The van der Waals surface area contributed by atoms with Crippen molar-refractivity contribution in [3.8, 4) is 6.07 Å². The van der Waals surface area contributed by atoms with Crippen LogP contribution in [0.25, 0.3) is 0 Å². The van der Waals surface area contributed by atoms with Crippen LogP contribution in [0.3, 0.4) is 0 Å². The van der Waals surface area contributed by atoms with E-state index in [4.69, 9.17) is 5.26 Å². The van der Waals surface area contributed by atoms with Gasteiger partial charge in [0.15, 0.2) is 0 Å². The molecule has 1 fully saturated rings. The van der Waals surface area contributed by atoms with Crippen LogP contribution in [0.2, 0.25) is 0 Å². The van der Waals surface area contributed by atoms with Gasteiger partial charge in [0.2, 0.25) is 0 Å². The van der Waals surface area contributed by atoms with Gasteiger partial charge >= 0.3 is 0 Å². The van der Waals surface area contributed by atoms with E-state index in [0.29, 0.717) is 0 Å². The maximum atomic E-state index is 9.11. The van der Waals surface area contributed by atoms with Gasteiger partial charge in [-0.3, -0.25) is 4.90 Å². The Morgan fingerprint density at radius 3 is 3.29 bits per heavy atom. The Kier molecular flexibility index (Phi) is 4.13. The minimum Gasteiger partial charge on any atom is -0.333 e. The smallest absolute Gasteiger partial charge is 0.111 e. The molecule has 1 N–H and O–H groups in total. The number of hydrogen-bond donors (Lipinski definition) is 1. The molecule has 1 unspecified atom stereocenters. The van der Waals surface area contributed by atoms with Gasteiger partial charge in [0.05, 0.1) is 18.1 Å². The van der Waals surface area contributed by atoms with Crippen LogP contribution >= 0.6 is 0 Å². The molecular formula is C12H19N5. The molecule has 1 aliphatic rings. The van der Waals surface area contributed by atoms with Gasteiger partial charge in [-0.1, -0.05) is 6.92 Å². The summed E-state index contributed by atoms with van der Waals surface area (Å²) in [5.41, 5.74) is 1.20. The molecular weight excluding hydrogens is 214 g/mol. The van der Waals surface area contributed by atoms with E-state index in [2.05, 4.69) is 32.8 Å². The Morgan fingerprint density at radius 1 is 1.65 bits per heavy atom. The van der Waals surface area contributed by atoms with Crippen molar-refractivity contribution in [3.05, 3.63) is 18.2 Å². The van der Waals surface area contributed by atoms with Gasteiger partial charge in [0.25, 0.3) is 0 Å². The summed E-state index contributed by atoms with van der Waals surface area (Å²) in [5, 5.41) is 12.4. The highest BCUT2D eigenvalue weighted by Crippen LogP contribution is 2.10. The minimum absolute atomic E-state index is 0.0197. The predicted molar refractivity (Wildman–Crippen MR) is 65.2 cm³/mol. The lowest BCUT2D eigenvalue weighted by Gasteiger charge is -2.31. The van der Waals surface area contributed by atoms with Gasteiger partial charge in [0, 0.05) is 38.9 Å². The van der Waals surface area contributed by atoms with Gasteiger partial charge in [-0.05, 0) is 6.42 Å². The summed E-state index contributed by atoms with van der Waals surface area (Å²) in [6.07, 6.45) is 4.89. The van der Waals surface area contributed by atoms with Crippen LogP contribution in [0, 0.1) is 11.3 Å². The number of nitrogens with one attached hydrogen (secondary N) is 1. The van der Waals surface area contributed by atoms with E-state index in [0.717, 1.165) is 39.1 Å². The first-order valence-corrected chi connectivity index (χ1v) is 6.18. The van der Waals surface area contributed by atoms with Crippen molar-refractivity contribution < 1.29 is 0 Å². The Morgan fingerprint density at radius 2 is 2.53 bits per heavy atom. The molecule has 1 aromatic rings. The fourth-order valence-electron chi connectivity index (χ4n) is 2.19. The highest BCUT2D eigenvalue weighted by Gasteiger charge is 2.22. The van der Waals surface area contributed by atoms with Crippen LogP contribution in [0.15, 0.2) is 12.5 Å². The fraction of sp³-hybridized carbons (Fsp3) is 0.667. The molecule has 5 nitrogen and oxygen atoms in total. The summed E-state index contributed by atoms with van der Waals surface area (Å²) >= 11 is 0. The van der Waals surface area contributed by atoms with Crippen molar-refractivity contribution in [1.82, 2.24) is 19.8 Å². The van der Waals surface area contributed by atoms with Gasteiger partial charge in [-0.2, -0.15) is 5.26 Å². The van der Waals surface area contributed by atoms with Crippen molar-refractivity contribution in [2.75, 3.05) is 19.6 Å². The van der Waals surface area contributed by atoms with Gasteiger partial charge in [-0.15, -0.1) is 0 Å². The van der Waals surface area contributed by atoms with Crippen molar-refractivity contribution in [3.63, 3.8) is 0 Å². The zero-order valence-corrected chi connectivity index (χ0v) is 10.3. The van der Waals surface area contributed by atoms with Crippen LogP contribution in [0.1, 0.15) is 19.0 Å². The quantitative estimate of drug-likeness (QED) is 0.827. The van der Waals surface area contributed by atoms with Crippen molar-refractivity contribution >= 4 is 0 Å². The minimum atomic E-state index is -0.0197. The third-order valence-corrected chi connectivity index (χ3v) is 3.13. The normalized spacial score (nSPS) is 21.3. The van der Waals surface area contributed by atoms with Crippen LogP contribution in [-0.4, -0.2) is 40.1 Å². The van der Waals surface area contributed by atoms with Crippen molar-refractivity contribution in [1.29, 1.82) is 5.26 Å². The summed E-state index contributed by atoms with van der Waals surface area (Å²) in [6.45, 7) is 6.62. The molecule has 2 heterocycles. The van der Waals surface area contributed by atoms with Gasteiger partial charge < -0.3 is 9.88 Å². The molecule has 0 amide bonds. The van der Waals surface area contributed by atoms with E-state index in [9.17, 15) is 0 Å². The molecule has 92 valence electrons. The van der Waals surface area contributed by atoms with Gasteiger partial charge in [-0.25, -0.2) is 4.98 Å². The lowest BCUT2D eigenvalue weighted by Crippen LogP contribution is -2.50. The first-order valence-electron chi connectivity index (χ1n) is 6.18. The number of nitriles is 1. The predicted octanol–water partition coefficient (Wildman–Crippen LogP) is 0.590. The first kappa shape index (κ1) is 12.1. The van der Waals surface area contributed by atoms with Crippen molar-refractivity contribution in [2.24, 2.45) is 0 Å². The second kappa shape index (κ2) is 5.80. The first-order chi connectivity index (χ1) is 8.35. The number of hydrogen-bond acceptors (Lipinski definition) is 4. The third kappa shape index (κ3) is 2.84. The number of imidazole rings is 1. The molecule has 2 rings (SSSR count). The summed E-state index contributed by atoms with van der Waals surface area (Å²) in [4.78, 5) is 6.42.